The summed E-state index contributed by atoms with van der Waals surface area (Å²) in [5, 5.41) is 22.0. The molecular formula is C13H10N2O5S. The number of carbonyl (C=O) groups excluding carboxylic acids is 1. The van der Waals surface area contributed by atoms with Gasteiger partial charge in [-0.1, -0.05) is 11.3 Å². The van der Waals surface area contributed by atoms with Gasteiger partial charge in [-0.05, 0) is 36.8 Å². The molecule has 0 saturated carbocycles. The molecule has 0 spiro atoms. The van der Waals surface area contributed by atoms with Gasteiger partial charge in [0.25, 0.3) is 5.91 Å². The molecule has 2 aromatic rings. The summed E-state index contributed by atoms with van der Waals surface area (Å²) in [5.41, 5.74) is 1.09. The van der Waals surface area contributed by atoms with E-state index in [0.29, 0.717) is 11.3 Å². The maximum Gasteiger partial charge on any atom is 0.335 e. The first-order chi connectivity index (χ1) is 9.88. The first-order valence-electron chi connectivity index (χ1n) is 5.78. The van der Waals surface area contributed by atoms with E-state index < -0.39 is 16.8 Å². The lowest BCUT2D eigenvalue weighted by Crippen LogP contribution is -2.10. The Hall–Kier alpha value is -2.74. The number of nitrogens with one attached hydrogen (secondary N) is 1. The van der Waals surface area contributed by atoms with Gasteiger partial charge < -0.3 is 10.4 Å². The number of nitro groups is 1. The van der Waals surface area contributed by atoms with Crippen molar-refractivity contribution in [1.29, 1.82) is 0 Å². The zero-order valence-corrected chi connectivity index (χ0v) is 11.6. The molecule has 2 rings (SSSR count). The molecule has 2 N–H and O–H groups in total. The molecule has 0 aliphatic rings. The fourth-order valence-electron chi connectivity index (χ4n) is 1.72. The van der Waals surface area contributed by atoms with Gasteiger partial charge in [0.1, 0.15) is 0 Å². The van der Waals surface area contributed by atoms with Crippen LogP contribution in [0.4, 0.5) is 10.7 Å². The van der Waals surface area contributed by atoms with Crippen LogP contribution in [-0.2, 0) is 0 Å². The summed E-state index contributed by atoms with van der Waals surface area (Å²) in [7, 11) is 0. The zero-order chi connectivity index (χ0) is 15.6. The van der Waals surface area contributed by atoms with Gasteiger partial charge in [-0.2, -0.15) is 0 Å². The number of anilines is 1. The molecule has 0 unspecified atom stereocenters. The van der Waals surface area contributed by atoms with Crippen LogP contribution in [-0.4, -0.2) is 21.9 Å². The van der Waals surface area contributed by atoms with E-state index in [0.717, 1.165) is 11.3 Å². The standard InChI is InChI=1S/C13H10N2O5S/c1-7-6-8(2-3-9(7)13(17)18)14-12(16)10-4-5-11(21-10)15(19)20/h2-6H,1H3,(H,14,16)(H,17,18). The Morgan fingerprint density at radius 2 is 2.00 bits per heavy atom. The van der Waals surface area contributed by atoms with Gasteiger partial charge in [-0.25, -0.2) is 4.79 Å². The molecule has 8 heteroatoms. The van der Waals surface area contributed by atoms with E-state index in [2.05, 4.69) is 5.32 Å². The number of thiophene rings is 1. The third kappa shape index (κ3) is 3.23. The molecule has 0 aliphatic carbocycles. The minimum absolute atomic E-state index is 0.113. The first kappa shape index (κ1) is 14.7. The molecule has 1 heterocycles. The molecule has 0 radical (unpaired) electrons. The summed E-state index contributed by atoms with van der Waals surface area (Å²) in [6, 6.07) is 7.03. The van der Waals surface area contributed by atoms with Gasteiger partial charge in [0, 0.05) is 11.8 Å². The summed E-state index contributed by atoms with van der Waals surface area (Å²) in [6.45, 7) is 1.62. The number of amides is 1. The second kappa shape index (κ2) is 5.71. The van der Waals surface area contributed by atoms with E-state index in [9.17, 15) is 19.7 Å². The molecule has 1 amide bonds. The second-order valence-electron chi connectivity index (χ2n) is 4.18. The molecule has 0 aliphatic heterocycles. The van der Waals surface area contributed by atoms with Crippen molar-refractivity contribution in [3.8, 4) is 0 Å². The number of carboxylic acids is 1. The lowest BCUT2D eigenvalue weighted by atomic mass is 10.1. The van der Waals surface area contributed by atoms with E-state index >= 15 is 0 Å². The van der Waals surface area contributed by atoms with Crippen molar-refractivity contribution in [2.45, 2.75) is 6.92 Å². The maximum atomic E-state index is 11.9. The van der Waals surface area contributed by atoms with Crippen LogP contribution in [0, 0.1) is 17.0 Å². The lowest BCUT2D eigenvalue weighted by molar-refractivity contribution is -0.380. The van der Waals surface area contributed by atoms with Crippen LogP contribution in [0.25, 0.3) is 0 Å². The molecule has 0 atom stereocenters. The van der Waals surface area contributed by atoms with E-state index in [-0.39, 0.29) is 15.4 Å². The minimum Gasteiger partial charge on any atom is -0.478 e. The SMILES string of the molecule is Cc1cc(NC(=O)c2ccc([N+](=O)[O-])s2)ccc1C(=O)O. The number of hydrogen-bond donors (Lipinski definition) is 2. The largest absolute Gasteiger partial charge is 0.478 e. The van der Waals surface area contributed by atoms with Crippen LogP contribution in [0.1, 0.15) is 25.6 Å². The van der Waals surface area contributed by atoms with Crippen molar-refractivity contribution in [2.75, 3.05) is 5.32 Å². The van der Waals surface area contributed by atoms with Crippen LogP contribution in [0.5, 0.6) is 0 Å². The quantitative estimate of drug-likeness (QED) is 0.666. The highest BCUT2D eigenvalue weighted by Crippen LogP contribution is 2.25. The Bertz CT molecular complexity index is 738. The number of benzene rings is 1. The number of nitrogens with zero attached hydrogens (tertiary/aromatic N) is 1. The molecule has 108 valence electrons. The predicted octanol–water partition coefficient (Wildman–Crippen LogP) is 2.92. The fourth-order valence-corrected chi connectivity index (χ4v) is 2.44. The molecule has 0 saturated heterocycles. The number of hydrogen-bond acceptors (Lipinski definition) is 5. The van der Waals surface area contributed by atoms with Gasteiger partial charge in [-0.3, -0.25) is 14.9 Å². The summed E-state index contributed by atoms with van der Waals surface area (Å²) >= 11 is 0.775. The van der Waals surface area contributed by atoms with Crippen LogP contribution in [0.3, 0.4) is 0 Å². The van der Waals surface area contributed by atoms with Crippen LogP contribution >= 0.6 is 11.3 Å². The van der Waals surface area contributed by atoms with Crippen molar-refractivity contribution in [1.82, 2.24) is 0 Å². The van der Waals surface area contributed by atoms with Crippen LogP contribution in [0.15, 0.2) is 30.3 Å². The third-order valence-corrected chi connectivity index (χ3v) is 3.75. The first-order valence-corrected chi connectivity index (χ1v) is 6.59. The highest BCUT2D eigenvalue weighted by atomic mass is 32.1. The van der Waals surface area contributed by atoms with Gasteiger partial charge in [0.05, 0.1) is 15.4 Å². The minimum atomic E-state index is -1.04. The number of rotatable bonds is 4. The Labute approximate surface area is 123 Å². The number of aromatic carboxylic acids is 1. The Morgan fingerprint density at radius 1 is 1.29 bits per heavy atom. The average molecular weight is 306 g/mol. The topological polar surface area (TPSA) is 110 Å². The zero-order valence-electron chi connectivity index (χ0n) is 10.8. The number of carboxylic acid groups (broad SMARTS) is 1. The van der Waals surface area contributed by atoms with Crippen molar-refractivity contribution in [3.05, 3.63) is 56.5 Å². The van der Waals surface area contributed by atoms with Crippen LogP contribution in [0.2, 0.25) is 0 Å². The Balaban J connectivity index is 2.17. The summed E-state index contributed by atoms with van der Waals surface area (Å²) in [4.78, 5) is 33.1. The van der Waals surface area contributed by atoms with E-state index in [1.54, 1.807) is 6.92 Å². The second-order valence-corrected chi connectivity index (χ2v) is 5.25. The van der Waals surface area contributed by atoms with E-state index in [1.807, 2.05) is 0 Å². The predicted molar refractivity (Wildman–Crippen MR) is 77.1 cm³/mol. The summed E-state index contributed by atoms with van der Waals surface area (Å²) in [6.07, 6.45) is 0. The van der Waals surface area contributed by atoms with E-state index in [1.165, 1.54) is 30.3 Å². The Kier molecular flexibility index (Phi) is 3.99. The maximum absolute atomic E-state index is 11.9. The molecule has 21 heavy (non-hydrogen) atoms. The van der Waals surface area contributed by atoms with Gasteiger partial charge in [0.2, 0.25) is 0 Å². The average Bonchev–Trinajstić information content (AvgIpc) is 2.88. The highest BCUT2D eigenvalue weighted by molar-refractivity contribution is 7.17. The monoisotopic (exact) mass is 306 g/mol. The van der Waals surface area contributed by atoms with Crippen molar-refractivity contribution in [3.63, 3.8) is 0 Å². The normalized spacial score (nSPS) is 10.1. The molecule has 0 fully saturated rings. The van der Waals surface area contributed by atoms with Crippen molar-refractivity contribution in [2.24, 2.45) is 0 Å². The van der Waals surface area contributed by atoms with Crippen molar-refractivity contribution >= 4 is 33.9 Å². The van der Waals surface area contributed by atoms with Crippen molar-refractivity contribution < 1.29 is 19.6 Å². The van der Waals surface area contributed by atoms with Gasteiger partial charge >= 0.3 is 11.0 Å². The molecule has 0 bridgehead atoms. The number of aryl methyl sites for hydroxylation is 1. The van der Waals surface area contributed by atoms with Gasteiger partial charge in [0.15, 0.2) is 0 Å². The van der Waals surface area contributed by atoms with E-state index in [4.69, 9.17) is 5.11 Å². The molecular weight excluding hydrogens is 296 g/mol. The van der Waals surface area contributed by atoms with Gasteiger partial charge in [-0.15, -0.1) is 0 Å². The molecule has 7 nitrogen and oxygen atoms in total. The Morgan fingerprint density at radius 3 is 2.52 bits per heavy atom. The van der Waals surface area contributed by atoms with Crippen LogP contribution < -0.4 is 5.32 Å². The highest BCUT2D eigenvalue weighted by Gasteiger charge is 2.16. The third-order valence-electron chi connectivity index (χ3n) is 2.71. The summed E-state index contributed by atoms with van der Waals surface area (Å²) in [5.74, 6) is -1.52. The number of carbonyl (C=O) groups is 2. The fraction of sp³-hybridized carbons (Fsp3) is 0.0769. The molecule has 1 aromatic carbocycles. The molecule has 1 aromatic heterocycles. The lowest BCUT2D eigenvalue weighted by Gasteiger charge is -2.06. The summed E-state index contributed by atoms with van der Waals surface area (Å²) < 4.78 is 0. The smallest absolute Gasteiger partial charge is 0.335 e.